The lowest BCUT2D eigenvalue weighted by Crippen LogP contribution is -2.21. The van der Waals surface area contributed by atoms with Crippen LogP contribution in [0.15, 0.2) is 66.5 Å². The number of benzene rings is 2. The molecule has 0 aliphatic heterocycles. The summed E-state index contributed by atoms with van der Waals surface area (Å²) in [6.45, 7) is 0.191. The fourth-order valence-corrected chi connectivity index (χ4v) is 1.74. The van der Waals surface area contributed by atoms with Crippen LogP contribution in [0.3, 0.4) is 0 Å². The Morgan fingerprint density at radius 2 is 1.62 bits per heavy atom. The maximum absolute atomic E-state index is 12.4. The predicted octanol–water partition coefficient (Wildman–Crippen LogP) is 3.76. The van der Waals surface area contributed by atoms with Crippen molar-refractivity contribution < 1.29 is 37.0 Å². The molecule has 4 N–H and O–H groups in total. The number of amides is 1. The van der Waals surface area contributed by atoms with Gasteiger partial charge in [0, 0.05) is 23.4 Å². The van der Waals surface area contributed by atoms with Crippen molar-refractivity contribution in [3.8, 4) is 5.75 Å². The Balaban J connectivity index is 0.000000516. The van der Waals surface area contributed by atoms with Gasteiger partial charge in [0.15, 0.2) is 0 Å². The summed E-state index contributed by atoms with van der Waals surface area (Å²) in [7, 11) is 0. The third-order valence-corrected chi connectivity index (χ3v) is 3.23. The summed E-state index contributed by atoms with van der Waals surface area (Å²) in [6, 6.07) is 15.8. The average Bonchev–Trinajstić information content (AvgIpc) is 2.69. The molecule has 156 valence electrons. The van der Waals surface area contributed by atoms with Gasteiger partial charge >= 0.3 is 12.1 Å². The number of carbonyl (C=O) groups is 2. The minimum absolute atomic E-state index is 0.0859. The number of hydrogen-bond acceptors (Lipinski definition) is 4. The number of anilines is 1. The molecule has 0 radical (unpaired) electrons. The van der Waals surface area contributed by atoms with Crippen LogP contribution in [0.4, 0.5) is 23.2 Å². The van der Waals surface area contributed by atoms with Crippen LogP contribution < -0.4 is 15.8 Å². The summed E-state index contributed by atoms with van der Waals surface area (Å²) in [4.78, 5) is 21.0. The molecule has 2 rings (SSSR count). The molecule has 29 heavy (non-hydrogen) atoms. The molecule has 0 aliphatic carbocycles. The van der Waals surface area contributed by atoms with Crippen LogP contribution in [-0.4, -0.2) is 36.3 Å². The number of alkyl halides is 3. The van der Waals surface area contributed by atoms with Crippen molar-refractivity contribution in [3.63, 3.8) is 0 Å². The van der Waals surface area contributed by atoms with E-state index in [4.69, 9.17) is 20.4 Å². The maximum atomic E-state index is 12.4. The second kappa shape index (κ2) is 11.4. The highest BCUT2D eigenvalue weighted by molar-refractivity contribution is 6.04. The van der Waals surface area contributed by atoms with Gasteiger partial charge in [0.25, 0.3) is 5.91 Å². The highest BCUT2D eigenvalue weighted by atomic mass is 19.4. The van der Waals surface area contributed by atoms with E-state index < -0.39 is 12.1 Å². The standard InChI is InChI=1S/C17H17FN2O2.C2HF3O2/c18-10-13(11-19)12-22-16-8-6-14(7-9-16)17(21)20-15-4-2-1-3-5-15;3-2(4,5)1(6)7/h1-10H,11-12,19H2,(H,20,21);(H,6,7)/b13-10-;. The van der Waals surface area contributed by atoms with E-state index in [1.807, 2.05) is 30.3 Å². The van der Waals surface area contributed by atoms with E-state index in [2.05, 4.69) is 5.32 Å². The number of carboxylic acid groups (broad SMARTS) is 1. The lowest BCUT2D eigenvalue weighted by molar-refractivity contribution is -0.192. The van der Waals surface area contributed by atoms with E-state index in [1.54, 1.807) is 24.3 Å². The lowest BCUT2D eigenvalue weighted by atomic mass is 10.2. The number of nitrogens with two attached hydrogens (primary N) is 1. The third kappa shape index (κ3) is 8.89. The van der Waals surface area contributed by atoms with E-state index >= 15 is 0 Å². The van der Waals surface area contributed by atoms with Crippen LogP contribution in [0.2, 0.25) is 0 Å². The van der Waals surface area contributed by atoms with Gasteiger partial charge in [-0.05, 0) is 36.4 Å². The first-order chi connectivity index (χ1) is 13.7. The zero-order chi connectivity index (χ0) is 21.9. The van der Waals surface area contributed by atoms with Gasteiger partial charge in [-0.15, -0.1) is 0 Å². The zero-order valence-electron chi connectivity index (χ0n) is 14.9. The van der Waals surface area contributed by atoms with E-state index in [-0.39, 0.29) is 19.1 Å². The molecule has 0 aromatic heterocycles. The lowest BCUT2D eigenvalue weighted by Gasteiger charge is -2.08. The molecule has 0 heterocycles. The molecule has 0 spiro atoms. The number of rotatable bonds is 6. The first kappa shape index (κ1) is 23.6. The van der Waals surface area contributed by atoms with Gasteiger partial charge in [0.2, 0.25) is 0 Å². The number of halogens is 4. The van der Waals surface area contributed by atoms with Gasteiger partial charge in [-0.25, -0.2) is 9.18 Å². The summed E-state index contributed by atoms with van der Waals surface area (Å²) in [6.07, 6.45) is -4.64. The molecule has 2 aromatic carbocycles. The molecule has 0 aliphatic rings. The molecule has 0 fully saturated rings. The molecule has 0 saturated heterocycles. The number of para-hydroxylation sites is 1. The summed E-state index contributed by atoms with van der Waals surface area (Å²) >= 11 is 0. The number of hydrogen-bond donors (Lipinski definition) is 3. The third-order valence-electron chi connectivity index (χ3n) is 3.23. The normalized spacial score (nSPS) is 11.1. The Morgan fingerprint density at radius 1 is 1.07 bits per heavy atom. The summed E-state index contributed by atoms with van der Waals surface area (Å²) in [5.41, 5.74) is 6.95. The van der Waals surface area contributed by atoms with Crippen molar-refractivity contribution in [1.29, 1.82) is 0 Å². The van der Waals surface area contributed by atoms with Gasteiger partial charge in [-0.2, -0.15) is 13.2 Å². The van der Waals surface area contributed by atoms with Crippen LogP contribution >= 0.6 is 0 Å². The summed E-state index contributed by atoms with van der Waals surface area (Å²) < 4.78 is 49.5. The largest absolute Gasteiger partial charge is 0.490 e. The van der Waals surface area contributed by atoms with Crippen molar-refractivity contribution in [3.05, 3.63) is 72.1 Å². The van der Waals surface area contributed by atoms with Crippen LogP contribution in [-0.2, 0) is 4.79 Å². The fourth-order valence-electron chi connectivity index (χ4n) is 1.74. The van der Waals surface area contributed by atoms with Crippen LogP contribution in [0, 0.1) is 0 Å². The van der Waals surface area contributed by atoms with Crippen molar-refractivity contribution in [2.75, 3.05) is 18.5 Å². The predicted molar refractivity (Wildman–Crippen MR) is 98.3 cm³/mol. The zero-order valence-corrected chi connectivity index (χ0v) is 14.9. The number of carboxylic acids is 1. The first-order valence-corrected chi connectivity index (χ1v) is 8.05. The minimum atomic E-state index is -5.08. The molecule has 0 unspecified atom stereocenters. The highest BCUT2D eigenvalue weighted by Gasteiger charge is 2.38. The number of aliphatic carboxylic acids is 1. The van der Waals surface area contributed by atoms with Crippen molar-refractivity contribution in [2.45, 2.75) is 6.18 Å². The monoisotopic (exact) mass is 414 g/mol. The summed E-state index contributed by atoms with van der Waals surface area (Å²) in [5, 5.41) is 9.92. The van der Waals surface area contributed by atoms with Gasteiger partial charge in [-0.1, -0.05) is 18.2 Å². The molecular weight excluding hydrogens is 396 g/mol. The second-order valence-corrected chi connectivity index (χ2v) is 5.41. The van der Waals surface area contributed by atoms with E-state index in [0.717, 1.165) is 5.69 Å². The van der Waals surface area contributed by atoms with Crippen molar-refractivity contribution in [2.24, 2.45) is 5.73 Å². The van der Waals surface area contributed by atoms with Crippen molar-refractivity contribution in [1.82, 2.24) is 0 Å². The number of carbonyl (C=O) groups excluding carboxylic acids is 1. The molecule has 0 atom stereocenters. The maximum Gasteiger partial charge on any atom is 0.490 e. The van der Waals surface area contributed by atoms with Gasteiger partial charge in [0.05, 0.1) is 6.33 Å². The van der Waals surface area contributed by atoms with Crippen LogP contribution in [0.5, 0.6) is 5.75 Å². The van der Waals surface area contributed by atoms with Crippen molar-refractivity contribution >= 4 is 17.6 Å². The topological polar surface area (TPSA) is 102 Å². The second-order valence-electron chi connectivity index (χ2n) is 5.41. The molecule has 0 bridgehead atoms. The Hall–Kier alpha value is -3.40. The van der Waals surface area contributed by atoms with Gasteiger partial charge in [0.1, 0.15) is 12.4 Å². The smallest absolute Gasteiger partial charge is 0.489 e. The van der Waals surface area contributed by atoms with E-state index in [0.29, 0.717) is 23.2 Å². The highest BCUT2D eigenvalue weighted by Crippen LogP contribution is 2.15. The molecule has 2 aromatic rings. The molecule has 10 heteroatoms. The Bertz CT molecular complexity index is 822. The summed E-state index contributed by atoms with van der Waals surface area (Å²) in [5.74, 6) is -2.42. The molecule has 0 saturated carbocycles. The van der Waals surface area contributed by atoms with Gasteiger partial charge < -0.3 is 20.9 Å². The van der Waals surface area contributed by atoms with Gasteiger partial charge in [-0.3, -0.25) is 4.79 Å². The fraction of sp³-hybridized carbons (Fsp3) is 0.158. The van der Waals surface area contributed by atoms with E-state index in [1.165, 1.54) is 0 Å². The molecular formula is C19H18F4N2O4. The quantitative estimate of drug-likeness (QED) is 0.625. The SMILES string of the molecule is NC/C(=C/F)COc1ccc(C(=O)Nc2ccccc2)cc1.O=C(O)C(F)(F)F. The van der Waals surface area contributed by atoms with Crippen LogP contribution in [0.1, 0.15) is 10.4 Å². The number of nitrogens with one attached hydrogen (secondary N) is 1. The van der Waals surface area contributed by atoms with Crippen LogP contribution in [0.25, 0.3) is 0 Å². The Kier molecular flexibility index (Phi) is 9.33. The number of ether oxygens (including phenoxy) is 1. The first-order valence-electron chi connectivity index (χ1n) is 8.05. The minimum Gasteiger partial charge on any atom is -0.489 e. The average molecular weight is 414 g/mol. The molecule has 6 nitrogen and oxygen atoms in total. The Morgan fingerprint density at radius 3 is 2.07 bits per heavy atom. The molecule has 1 amide bonds. The van der Waals surface area contributed by atoms with E-state index in [9.17, 15) is 22.4 Å². The Labute approximate surface area is 163 Å².